The van der Waals surface area contributed by atoms with E-state index >= 15 is 0 Å². The minimum Gasteiger partial charge on any atom is -0.478 e. The fourth-order valence-corrected chi connectivity index (χ4v) is 2.40. The van der Waals surface area contributed by atoms with Gasteiger partial charge in [-0.25, -0.2) is 9.48 Å². The van der Waals surface area contributed by atoms with E-state index in [1.165, 1.54) is 0 Å². The maximum Gasteiger partial charge on any atom is 0.338 e. The Bertz CT molecular complexity index is 553. The van der Waals surface area contributed by atoms with Crippen LogP contribution in [0, 0.1) is 0 Å². The van der Waals surface area contributed by atoms with Gasteiger partial charge in [0.1, 0.15) is 5.52 Å². The number of carboxylic acid groups (broad SMARTS) is 1. The molecule has 0 aliphatic carbocycles. The second kappa shape index (κ2) is 4.75. The summed E-state index contributed by atoms with van der Waals surface area (Å²) in [5.74, 6) is -0.0596. The van der Waals surface area contributed by atoms with E-state index in [0.29, 0.717) is 5.52 Å². The zero-order chi connectivity index (χ0) is 12.4. The lowest BCUT2D eigenvalue weighted by atomic mass is 10.2. The summed E-state index contributed by atoms with van der Waals surface area (Å²) in [4.78, 5) is 11.0. The summed E-state index contributed by atoms with van der Waals surface area (Å²) in [6.45, 7) is 2.04. The van der Waals surface area contributed by atoms with Gasteiger partial charge in [-0.05, 0) is 25.3 Å². The zero-order valence-corrected chi connectivity index (χ0v) is 10.4. The van der Waals surface area contributed by atoms with E-state index < -0.39 is 5.97 Å². The highest BCUT2D eigenvalue weighted by Gasteiger charge is 2.16. The molecule has 1 heterocycles. The summed E-state index contributed by atoms with van der Waals surface area (Å²) in [5, 5.41) is 17.1. The molecule has 17 heavy (non-hydrogen) atoms. The van der Waals surface area contributed by atoms with Crippen molar-refractivity contribution in [1.29, 1.82) is 0 Å². The van der Waals surface area contributed by atoms with Crippen LogP contribution in [0.1, 0.15) is 23.3 Å². The van der Waals surface area contributed by atoms with E-state index in [1.54, 1.807) is 28.6 Å². The number of fused-ring (bicyclic) bond motifs is 1. The maximum atomic E-state index is 11.0. The lowest BCUT2D eigenvalue weighted by molar-refractivity contribution is 0.0699. The van der Waals surface area contributed by atoms with Gasteiger partial charge in [0.25, 0.3) is 0 Å². The van der Waals surface area contributed by atoms with Crippen LogP contribution in [0.2, 0.25) is 0 Å². The first-order valence-electron chi connectivity index (χ1n) is 5.21. The summed E-state index contributed by atoms with van der Waals surface area (Å²) in [7, 11) is 0. The van der Waals surface area contributed by atoms with Crippen LogP contribution in [0.3, 0.4) is 0 Å². The van der Waals surface area contributed by atoms with Crippen molar-refractivity contribution in [3.63, 3.8) is 0 Å². The minimum absolute atomic E-state index is 0.194. The normalized spacial score (nSPS) is 12.8. The number of carboxylic acids is 1. The van der Waals surface area contributed by atoms with E-state index in [0.717, 1.165) is 11.3 Å². The number of benzene rings is 1. The standard InChI is InChI=1S/C11H13N3O2S/c1-7(6-17-2)14-9-5-3-4-8(11(15)16)10(9)12-13-14/h3-5,7H,6H2,1-2H3,(H,15,16). The summed E-state index contributed by atoms with van der Waals surface area (Å²) in [6, 6.07) is 5.30. The van der Waals surface area contributed by atoms with E-state index in [1.807, 2.05) is 19.2 Å². The number of aromatic nitrogens is 3. The van der Waals surface area contributed by atoms with E-state index in [2.05, 4.69) is 10.3 Å². The Morgan fingerprint density at radius 3 is 3.00 bits per heavy atom. The van der Waals surface area contributed by atoms with Crippen LogP contribution in [0.25, 0.3) is 11.0 Å². The number of carbonyl (C=O) groups is 1. The molecule has 1 N–H and O–H groups in total. The van der Waals surface area contributed by atoms with Crippen LogP contribution in [-0.2, 0) is 0 Å². The van der Waals surface area contributed by atoms with E-state index in [-0.39, 0.29) is 11.6 Å². The molecule has 0 amide bonds. The number of hydrogen-bond donors (Lipinski definition) is 1. The Labute approximate surface area is 103 Å². The summed E-state index contributed by atoms with van der Waals surface area (Å²) < 4.78 is 1.78. The highest BCUT2D eigenvalue weighted by atomic mass is 32.2. The molecular weight excluding hydrogens is 238 g/mol. The van der Waals surface area contributed by atoms with Crippen LogP contribution >= 0.6 is 11.8 Å². The Balaban J connectivity index is 2.54. The number of aromatic carboxylic acids is 1. The zero-order valence-electron chi connectivity index (χ0n) is 9.62. The Kier molecular flexibility index (Phi) is 3.33. The second-order valence-corrected chi connectivity index (χ2v) is 4.73. The first-order chi connectivity index (χ1) is 8.15. The topological polar surface area (TPSA) is 68.0 Å². The molecule has 1 aromatic heterocycles. The molecule has 2 rings (SSSR count). The van der Waals surface area contributed by atoms with Crippen LogP contribution in [0.15, 0.2) is 18.2 Å². The predicted octanol–water partition coefficient (Wildman–Crippen LogP) is 2.05. The average Bonchev–Trinajstić information content (AvgIpc) is 2.72. The first-order valence-corrected chi connectivity index (χ1v) is 6.60. The summed E-state index contributed by atoms with van der Waals surface area (Å²) in [5.41, 5.74) is 1.42. The number of hydrogen-bond acceptors (Lipinski definition) is 4. The molecule has 90 valence electrons. The largest absolute Gasteiger partial charge is 0.478 e. The lowest BCUT2D eigenvalue weighted by Crippen LogP contribution is -2.09. The van der Waals surface area contributed by atoms with Crippen LogP contribution in [-0.4, -0.2) is 38.1 Å². The average molecular weight is 251 g/mol. The quantitative estimate of drug-likeness (QED) is 0.900. The molecule has 0 bridgehead atoms. The van der Waals surface area contributed by atoms with E-state index in [9.17, 15) is 4.79 Å². The molecular formula is C11H13N3O2S. The fraction of sp³-hybridized carbons (Fsp3) is 0.364. The third-order valence-electron chi connectivity index (χ3n) is 2.56. The highest BCUT2D eigenvalue weighted by molar-refractivity contribution is 7.98. The van der Waals surface area contributed by atoms with Gasteiger partial charge in [-0.3, -0.25) is 0 Å². The van der Waals surface area contributed by atoms with Crippen LogP contribution in [0.4, 0.5) is 0 Å². The van der Waals surface area contributed by atoms with Gasteiger partial charge in [-0.15, -0.1) is 5.10 Å². The molecule has 1 unspecified atom stereocenters. The van der Waals surface area contributed by atoms with Gasteiger partial charge < -0.3 is 5.11 Å². The molecule has 1 aromatic carbocycles. The molecule has 2 aromatic rings. The third-order valence-corrected chi connectivity index (χ3v) is 3.37. The molecule has 6 heteroatoms. The van der Waals surface area contributed by atoms with E-state index in [4.69, 9.17) is 5.11 Å². The van der Waals surface area contributed by atoms with Gasteiger partial charge >= 0.3 is 5.97 Å². The predicted molar refractivity (Wildman–Crippen MR) is 67.6 cm³/mol. The van der Waals surface area contributed by atoms with Crippen LogP contribution < -0.4 is 0 Å². The minimum atomic E-state index is -0.972. The molecule has 0 saturated heterocycles. The van der Waals surface area contributed by atoms with Crippen LogP contribution in [0.5, 0.6) is 0 Å². The summed E-state index contributed by atoms with van der Waals surface area (Å²) in [6.07, 6.45) is 2.03. The highest BCUT2D eigenvalue weighted by Crippen LogP contribution is 2.20. The molecule has 0 aliphatic heterocycles. The first kappa shape index (κ1) is 11.9. The number of thioether (sulfide) groups is 1. The lowest BCUT2D eigenvalue weighted by Gasteiger charge is -2.10. The van der Waals surface area contributed by atoms with Gasteiger partial charge in [0.05, 0.1) is 17.1 Å². The number of rotatable bonds is 4. The third kappa shape index (κ3) is 2.12. The van der Waals surface area contributed by atoms with Crippen molar-refractivity contribution in [2.24, 2.45) is 0 Å². The van der Waals surface area contributed by atoms with Crippen molar-refractivity contribution in [3.8, 4) is 0 Å². The van der Waals surface area contributed by atoms with Crippen molar-refractivity contribution >= 4 is 28.8 Å². The molecule has 0 spiro atoms. The Morgan fingerprint density at radius 2 is 2.35 bits per heavy atom. The van der Waals surface area contributed by atoms with Gasteiger partial charge in [-0.2, -0.15) is 11.8 Å². The van der Waals surface area contributed by atoms with Gasteiger partial charge in [0.2, 0.25) is 0 Å². The smallest absolute Gasteiger partial charge is 0.338 e. The molecule has 0 aliphatic rings. The SMILES string of the molecule is CSCC(C)n1nnc2c(C(=O)O)cccc21. The molecule has 0 radical (unpaired) electrons. The monoisotopic (exact) mass is 251 g/mol. The molecule has 5 nitrogen and oxygen atoms in total. The van der Waals surface area contributed by atoms with Gasteiger partial charge in [0.15, 0.2) is 0 Å². The Morgan fingerprint density at radius 1 is 1.59 bits per heavy atom. The molecule has 0 fully saturated rings. The number of nitrogens with zero attached hydrogens (tertiary/aromatic N) is 3. The van der Waals surface area contributed by atoms with Crippen molar-refractivity contribution < 1.29 is 9.90 Å². The second-order valence-electron chi connectivity index (χ2n) is 3.82. The van der Waals surface area contributed by atoms with Gasteiger partial charge in [0, 0.05) is 5.75 Å². The Hall–Kier alpha value is -1.56. The van der Waals surface area contributed by atoms with Crippen molar-refractivity contribution in [1.82, 2.24) is 15.0 Å². The van der Waals surface area contributed by atoms with Gasteiger partial charge in [-0.1, -0.05) is 11.3 Å². The fourth-order valence-electron chi connectivity index (χ4n) is 1.77. The van der Waals surface area contributed by atoms with Crippen molar-refractivity contribution in [3.05, 3.63) is 23.8 Å². The van der Waals surface area contributed by atoms with Crippen molar-refractivity contribution in [2.75, 3.05) is 12.0 Å². The molecule has 0 saturated carbocycles. The maximum absolute atomic E-state index is 11.0. The molecule has 1 atom stereocenters. The van der Waals surface area contributed by atoms with Crippen molar-refractivity contribution in [2.45, 2.75) is 13.0 Å². The summed E-state index contributed by atoms with van der Waals surface area (Å²) >= 11 is 1.72.